The van der Waals surface area contributed by atoms with Crippen LogP contribution in [0, 0.1) is 6.92 Å². The Bertz CT molecular complexity index is 722. The number of benzene rings is 2. The average molecular weight is 282 g/mol. The number of fused-ring (bicyclic) bond motifs is 1. The zero-order chi connectivity index (χ0) is 14.1. The van der Waals surface area contributed by atoms with Crippen molar-refractivity contribution in [2.45, 2.75) is 11.8 Å². The molecule has 1 aliphatic rings. The lowest BCUT2D eigenvalue weighted by Gasteiger charge is -2.18. The number of amides is 1. The maximum Gasteiger partial charge on any atom is 0.248 e. The summed E-state index contributed by atoms with van der Waals surface area (Å²) >= 11 is 1.60. The van der Waals surface area contributed by atoms with Crippen LogP contribution >= 0.6 is 11.9 Å². The zero-order valence-corrected chi connectivity index (χ0v) is 11.8. The zero-order valence-electron chi connectivity index (χ0n) is 11.0. The van der Waals surface area contributed by atoms with Crippen molar-refractivity contribution in [2.75, 3.05) is 0 Å². The Morgan fingerprint density at radius 2 is 2.00 bits per heavy atom. The van der Waals surface area contributed by atoms with Crippen LogP contribution in [0.25, 0.3) is 5.57 Å². The Labute approximate surface area is 122 Å². The quantitative estimate of drug-likeness (QED) is 0.832. The van der Waals surface area contributed by atoms with E-state index in [1.807, 2.05) is 37.4 Å². The molecule has 0 radical (unpaired) electrons. The molecule has 0 spiro atoms. The van der Waals surface area contributed by atoms with Gasteiger partial charge in [0.15, 0.2) is 0 Å². The van der Waals surface area contributed by atoms with Gasteiger partial charge < -0.3 is 10.5 Å². The smallest absolute Gasteiger partial charge is 0.248 e. The Morgan fingerprint density at radius 1 is 1.20 bits per heavy atom. The number of hydrogen-bond acceptors (Lipinski definition) is 3. The first-order valence-corrected chi connectivity index (χ1v) is 7.11. The summed E-state index contributed by atoms with van der Waals surface area (Å²) < 4.78 is 3.21. The predicted molar refractivity (Wildman–Crippen MR) is 82.2 cm³/mol. The van der Waals surface area contributed by atoms with Crippen molar-refractivity contribution in [1.82, 2.24) is 4.72 Å². The summed E-state index contributed by atoms with van der Waals surface area (Å²) in [7, 11) is 0. The second-order valence-corrected chi connectivity index (χ2v) is 5.55. The van der Waals surface area contributed by atoms with Crippen LogP contribution in [0.5, 0.6) is 0 Å². The highest BCUT2D eigenvalue weighted by Gasteiger charge is 2.15. The van der Waals surface area contributed by atoms with E-state index < -0.39 is 0 Å². The molecule has 0 saturated heterocycles. The van der Waals surface area contributed by atoms with Gasteiger partial charge >= 0.3 is 0 Å². The molecule has 0 fully saturated rings. The van der Waals surface area contributed by atoms with E-state index in [0.717, 1.165) is 16.7 Å². The molecule has 0 atom stereocenters. The minimum atomic E-state index is -0.388. The average Bonchev–Trinajstić information content (AvgIpc) is 2.46. The van der Waals surface area contributed by atoms with E-state index in [-0.39, 0.29) is 5.91 Å². The molecule has 0 unspecified atom stereocenters. The summed E-state index contributed by atoms with van der Waals surface area (Å²) in [4.78, 5) is 12.5. The number of nitrogens with two attached hydrogens (primary N) is 1. The van der Waals surface area contributed by atoms with Gasteiger partial charge in [-0.15, -0.1) is 0 Å². The minimum Gasteiger partial charge on any atom is -0.366 e. The van der Waals surface area contributed by atoms with Gasteiger partial charge in [-0.25, -0.2) is 0 Å². The Kier molecular flexibility index (Phi) is 3.24. The maximum atomic E-state index is 11.3. The van der Waals surface area contributed by atoms with Gasteiger partial charge in [-0.2, -0.15) is 0 Å². The van der Waals surface area contributed by atoms with Gasteiger partial charge in [0.2, 0.25) is 5.91 Å². The summed E-state index contributed by atoms with van der Waals surface area (Å²) in [6.07, 6.45) is 1.99. The van der Waals surface area contributed by atoms with Gasteiger partial charge in [-0.05, 0) is 47.7 Å². The molecule has 3 N–H and O–H groups in total. The molecular formula is C16H14N2OS. The highest BCUT2D eigenvalue weighted by Crippen LogP contribution is 2.34. The van der Waals surface area contributed by atoms with E-state index >= 15 is 0 Å². The number of primary amides is 1. The summed E-state index contributed by atoms with van der Waals surface area (Å²) in [5, 5.41) is 0. The molecule has 4 heteroatoms. The molecular weight excluding hydrogens is 268 g/mol. The maximum absolute atomic E-state index is 11.3. The molecule has 2 aromatic rings. The number of carbonyl (C=O) groups is 1. The van der Waals surface area contributed by atoms with E-state index in [0.29, 0.717) is 5.56 Å². The van der Waals surface area contributed by atoms with Crippen LogP contribution in [-0.4, -0.2) is 5.91 Å². The normalized spacial score (nSPS) is 13.2. The Morgan fingerprint density at radius 3 is 2.75 bits per heavy atom. The third kappa shape index (κ3) is 2.18. The van der Waals surface area contributed by atoms with E-state index in [2.05, 4.69) is 16.9 Å². The molecule has 20 heavy (non-hydrogen) atoms. The summed E-state index contributed by atoms with van der Waals surface area (Å²) in [6.45, 7) is 1.90. The summed E-state index contributed by atoms with van der Waals surface area (Å²) in [5.74, 6) is -0.388. The van der Waals surface area contributed by atoms with E-state index in [1.54, 1.807) is 18.0 Å². The Balaban J connectivity index is 2.08. The molecule has 3 nitrogen and oxygen atoms in total. The molecule has 1 amide bonds. The topological polar surface area (TPSA) is 55.1 Å². The lowest BCUT2D eigenvalue weighted by atomic mass is 9.95. The fourth-order valence-electron chi connectivity index (χ4n) is 2.35. The monoisotopic (exact) mass is 282 g/mol. The number of nitrogens with one attached hydrogen (secondary N) is 1. The van der Waals surface area contributed by atoms with Gasteiger partial charge in [0.05, 0.1) is 0 Å². The van der Waals surface area contributed by atoms with Gasteiger partial charge in [-0.1, -0.05) is 30.3 Å². The molecule has 2 aromatic carbocycles. The van der Waals surface area contributed by atoms with Crippen LogP contribution in [0.1, 0.15) is 27.0 Å². The van der Waals surface area contributed by atoms with Crippen LogP contribution < -0.4 is 10.5 Å². The molecule has 0 saturated carbocycles. The number of carbonyl (C=O) groups excluding carboxylic acids is 1. The lowest BCUT2D eigenvalue weighted by molar-refractivity contribution is 0.0999. The molecule has 0 bridgehead atoms. The van der Waals surface area contributed by atoms with Gasteiger partial charge in [0.25, 0.3) is 0 Å². The van der Waals surface area contributed by atoms with Crippen molar-refractivity contribution in [3.63, 3.8) is 0 Å². The fourth-order valence-corrected chi connectivity index (χ4v) is 3.09. The van der Waals surface area contributed by atoms with Crippen LogP contribution in [-0.2, 0) is 0 Å². The van der Waals surface area contributed by atoms with Gasteiger partial charge in [0, 0.05) is 22.2 Å². The first-order chi connectivity index (χ1) is 9.66. The number of aryl methyl sites for hydroxylation is 1. The highest BCUT2D eigenvalue weighted by atomic mass is 32.2. The van der Waals surface area contributed by atoms with Crippen molar-refractivity contribution in [3.8, 4) is 0 Å². The first kappa shape index (κ1) is 12.8. The summed E-state index contributed by atoms with van der Waals surface area (Å²) in [6, 6.07) is 14.0. The van der Waals surface area contributed by atoms with Crippen LogP contribution in [0.4, 0.5) is 0 Å². The molecule has 0 aliphatic carbocycles. The van der Waals surface area contributed by atoms with E-state index in [1.165, 1.54) is 10.5 Å². The lowest BCUT2D eigenvalue weighted by Crippen LogP contribution is -2.13. The highest BCUT2D eigenvalue weighted by molar-refractivity contribution is 7.97. The van der Waals surface area contributed by atoms with Crippen molar-refractivity contribution >= 4 is 23.4 Å². The number of rotatable bonds is 2. The third-order valence-electron chi connectivity index (χ3n) is 3.35. The first-order valence-electron chi connectivity index (χ1n) is 6.29. The SMILES string of the molecule is Cc1cc(C2=CNSc3ccccc32)ccc1C(N)=O. The van der Waals surface area contributed by atoms with Crippen LogP contribution in [0.3, 0.4) is 0 Å². The van der Waals surface area contributed by atoms with Crippen LogP contribution in [0.15, 0.2) is 53.6 Å². The molecule has 3 rings (SSSR count). The van der Waals surface area contributed by atoms with E-state index in [9.17, 15) is 4.79 Å². The third-order valence-corrected chi connectivity index (χ3v) is 4.16. The van der Waals surface area contributed by atoms with Crippen molar-refractivity contribution in [2.24, 2.45) is 5.73 Å². The molecule has 1 aliphatic heterocycles. The van der Waals surface area contributed by atoms with Gasteiger partial charge in [0.1, 0.15) is 0 Å². The summed E-state index contributed by atoms with van der Waals surface area (Å²) in [5.41, 5.74) is 10.2. The van der Waals surface area contributed by atoms with Gasteiger partial charge in [-0.3, -0.25) is 4.79 Å². The fraction of sp³-hybridized carbons (Fsp3) is 0.0625. The minimum absolute atomic E-state index is 0.388. The second-order valence-electron chi connectivity index (χ2n) is 4.67. The molecule has 100 valence electrons. The predicted octanol–water partition coefficient (Wildman–Crippen LogP) is 3.09. The van der Waals surface area contributed by atoms with Crippen molar-refractivity contribution in [1.29, 1.82) is 0 Å². The van der Waals surface area contributed by atoms with E-state index in [4.69, 9.17) is 5.73 Å². The molecule has 0 aromatic heterocycles. The van der Waals surface area contributed by atoms with Crippen molar-refractivity contribution in [3.05, 3.63) is 70.9 Å². The second kappa shape index (κ2) is 5.06. The largest absolute Gasteiger partial charge is 0.366 e. The Hall–Kier alpha value is -2.20. The molecule has 1 heterocycles. The number of hydrogen-bond donors (Lipinski definition) is 2. The van der Waals surface area contributed by atoms with Crippen molar-refractivity contribution < 1.29 is 4.79 Å². The van der Waals surface area contributed by atoms with Crippen LogP contribution in [0.2, 0.25) is 0 Å². The standard InChI is InChI=1S/C16H14N2OS/c1-10-8-11(6-7-12(10)16(17)19)14-9-18-20-15-5-3-2-4-13(14)15/h2-9,18H,1H3,(H2,17,19).